The molecular weight excluding hydrogens is 415 g/mol. The molecule has 0 atom stereocenters. The maximum absolute atomic E-state index is 12.9. The monoisotopic (exact) mass is 432 g/mol. The Morgan fingerprint density at radius 3 is 2.19 bits per heavy atom. The first-order valence-electron chi connectivity index (χ1n) is 8.20. The van der Waals surface area contributed by atoms with Crippen molar-refractivity contribution < 1.29 is 8.42 Å². The highest BCUT2D eigenvalue weighted by Crippen LogP contribution is 2.33. The summed E-state index contributed by atoms with van der Waals surface area (Å²) < 4.78 is 27.3. The van der Waals surface area contributed by atoms with Crippen LogP contribution in [-0.4, -0.2) is 43.8 Å². The molecule has 1 saturated heterocycles. The molecule has 1 aliphatic heterocycles. The predicted octanol–water partition coefficient (Wildman–Crippen LogP) is 4.46. The van der Waals surface area contributed by atoms with Crippen molar-refractivity contribution in [2.75, 3.05) is 26.2 Å². The lowest BCUT2D eigenvalue weighted by Crippen LogP contribution is -2.48. The Labute approximate surface area is 169 Å². The number of rotatable bonds is 4. The van der Waals surface area contributed by atoms with Crippen LogP contribution in [0.15, 0.2) is 41.3 Å². The topological polar surface area (TPSA) is 40.6 Å². The Hall–Kier alpha value is -0.820. The molecule has 0 N–H and O–H groups in total. The molecule has 8 heteroatoms. The largest absolute Gasteiger partial charge is 0.296 e. The van der Waals surface area contributed by atoms with Crippen molar-refractivity contribution in [1.82, 2.24) is 9.21 Å². The molecule has 0 spiro atoms. The van der Waals surface area contributed by atoms with E-state index in [-0.39, 0.29) is 20.0 Å². The number of aryl methyl sites for hydroxylation is 1. The zero-order chi connectivity index (χ0) is 18.9. The minimum absolute atomic E-state index is 0.000852. The Balaban J connectivity index is 1.71. The van der Waals surface area contributed by atoms with Crippen molar-refractivity contribution in [2.24, 2.45) is 0 Å². The van der Waals surface area contributed by atoms with Crippen LogP contribution in [0.2, 0.25) is 15.1 Å². The molecule has 0 amide bonds. The van der Waals surface area contributed by atoms with Crippen molar-refractivity contribution >= 4 is 44.8 Å². The van der Waals surface area contributed by atoms with E-state index in [1.54, 1.807) is 0 Å². The van der Waals surface area contributed by atoms with E-state index in [1.165, 1.54) is 27.6 Å². The van der Waals surface area contributed by atoms with E-state index in [0.717, 1.165) is 6.54 Å². The smallest absolute Gasteiger partial charge is 0.244 e. The van der Waals surface area contributed by atoms with Crippen LogP contribution in [0.1, 0.15) is 11.1 Å². The lowest BCUT2D eigenvalue weighted by molar-refractivity contribution is 0.181. The molecule has 26 heavy (non-hydrogen) atoms. The molecule has 0 saturated carbocycles. The molecule has 0 bridgehead atoms. The molecule has 2 aromatic carbocycles. The van der Waals surface area contributed by atoms with E-state index >= 15 is 0 Å². The van der Waals surface area contributed by atoms with Gasteiger partial charge in [0.05, 0.1) is 15.1 Å². The zero-order valence-corrected chi connectivity index (χ0v) is 17.3. The van der Waals surface area contributed by atoms with Crippen LogP contribution in [0.4, 0.5) is 0 Å². The summed E-state index contributed by atoms with van der Waals surface area (Å²) in [6.07, 6.45) is 0. The Kier molecular flexibility index (Phi) is 6.17. The summed E-state index contributed by atoms with van der Waals surface area (Å²) in [5.74, 6) is 0. The highest BCUT2D eigenvalue weighted by molar-refractivity contribution is 7.89. The van der Waals surface area contributed by atoms with Crippen LogP contribution in [0.5, 0.6) is 0 Å². The fourth-order valence-electron chi connectivity index (χ4n) is 3.00. The van der Waals surface area contributed by atoms with Crippen LogP contribution in [0.3, 0.4) is 0 Å². The molecule has 0 radical (unpaired) electrons. The number of hydrogen-bond donors (Lipinski definition) is 0. The molecule has 3 rings (SSSR count). The van der Waals surface area contributed by atoms with Gasteiger partial charge in [0.2, 0.25) is 10.0 Å². The van der Waals surface area contributed by atoms with Gasteiger partial charge in [-0.1, -0.05) is 59.1 Å². The summed E-state index contributed by atoms with van der Waals surface area (Å²) in [5.41, 5.74) is 2.50. The van der Waals surface area contributed by atoms with E-state index in [2.05, 4.69) is 24.0 Å². The number of piperazine rings is 1. The first-order chi connectivity index (χ1) is 12.3. The van der Waals surface area contributed by atoms with Crippen LogP contribution in [0, 0.1) is 6.92 Å². The van der Waals surface area contributed by atoms with Gasteiger partial charge in [-0.3, -0.25) is 4.90 Å². The van der Waals surface area contributed by atoms with Crippen molar-refractivity contribution in [3.05, 3.63) is 62.6 Å². The Morgan fingerprint density at radius 2 is 1.54 bits per heavy atom. The quantitative estimate of drug-likeness (QED) is 0.668. The van der Waals surface area contributed by atoms with Gasteiger partial charge in [0.1, 0.15) is 4.90 Å². The summed E-state index contributed by atoms with van der Waals surface area (Å²) in [4.78, 5) is 2.26. The normalized spacial score (nSPS) is 16.8. The van der Waals surface area contributed by atoms with Crippen molar-refractivity contribution in [3.8, 4) is 0 Å². The second-order valence-corrected chi connectivity index (χ2v) is 9.43. The van der Waals surface area contributed by atoms with E-state index in [4.69, 9.17) is 34.8 Å². The number of nitrogens with zero attached hydrogens (tertiary/aromatic N) is 2. The van der Waals surface area contributed by atoms with Gasteiger partial charge in [0, 0.05) is 32.7 Å². The number of sulfonamides is 1. The SMILES string of the molecule is Cc1ccccc1CN1CCN(S(=O)(=O)c2cc(Cl)c(Cl)cc2Cl)CC1. The molecule has 0 unspecified atom stereocenters. The lowest BCUT2D eigenvalue weighted by atomic mass is 10.1. The molecule has 2 aromatic rings. The molecule has 0 aromatic heterocycles. The second-order valence-electron chi connectivity index (χ2n) is 6.30. The van der Waals surface area contributed by atoms with Gasteiger partial charge in [0.15, 0.2) is 0 Å². The highest BCUT2D eigenvalue weighted by Gasteiger charge is 2.30. The van der Waals surface area contributed by atoms with Crippen LogP contribution in [-0.2, 0) is 16.6 Å². The fourth-order valence-corrected chi connectivity index (χ4v) is 5.40. The maximum Gasteiger partial charge on any atom is 0.244 e. The zero-order valence-electron chi connectivity index (χ0n) is 14.3. The molecular formula is C18H19Cl3N2O2S. The second kappa shape index (κ2) is 8.05. The average molecular weight is 434 g/mol. The molecule has 140 valence electrons. The summed E-state index contributed by atoms with van der Waals surface area (Å²) in [7, 11) is -3.70. The molecule has 1 fully saturated rings. The van der Waals surface area contributed by atoms with Gasteiger partial charge in [-0.05, 0) is 30.2 Å². The van der Waals surface area contributed by atoms with Crippen LogP contribution in [0.25, 0.3) is 0 Å². The van der Waals surface area contributed by atoms with E-state index in [9.17, 15) is 8.42 Å². The summed E-state index contributed by atoms with van der Waals surface area (Å²) in [6, 6.07) is 10.9. The number of benzene rings is 2. The van der Waals surface area contributed by atoms with E-state index in [0.29, 0.717) is 26.2 Å². The summed E-state index contributed by atoms with van der Waals surface area (Å²) in [6.45, 7) is 5.03. The highest BCUT2D eigenvalue weighted by atomic mass is 35.5. The lowest BCUT2D eigenvalue weighted by Gasteiger charge is -2.34. The fraction of sp³-hybridized carbons (Fsp3) is 0.333. The van der Waals surface area contributed by atoms with E-state index in [1.807, 2.05) is 12.1 Å². The third-order valence-corrected chi connectivity index (χ3v) is 7.66. The molecule has 1 heterocycles. The van der Waals surface area contributed by atoms with Crippen LogP contribution >= 0.6 is 34.8 Å². The van der Waals surface area contributed by atoms with Gasteiger partial charge in [-0.15, -0.1) is 0 Å². The van der Waals surface area contributed by atoms with Gasteiger partial charge in [-0.2, -0.15) is 4.31 Å². The van der Waals surface area contributed by atoms with Gasteiger partial charge < -0.3 is 0 Å². The van der Waals surface area contributed by atoms with Gasteiger partial charge in [0.25, 0.3) is 0 Å². The average Bonchev–Trinajstić information content (AvgIpc) is 2.60. The Morgan fingerprint density at radius 1 is 0.923 bits per heavy atom. The summed E-state index contributed by atoms with van der Waals surface area (Å²) in [5, 5.41) is 0.494. The van der Waals surface area contributed by atoms with Crippen LogP contribution < -0.4 is 0 Å². The third kappa shape index (κ3) is 4.19. The van der Waals surface area contributed by atoms with E-state index < -0.39 is 10.0 Å². The standard InChI is InChI=1S/C18H19Cl3N2O2S/c1-13-4-2-3-5-14(13)12-22-6-8-23(9-7-22)26(24,25)18-11-16(20)15(19)10-17(18)21/h2-5,10-11H,6-9,12H2,1H3. The Bertz CT molecular complexity index is 911. The van der Waals surface area contributed by atoms with Crippen molar-refractivity contribution in [2.45, 2.75) is 18.4 Å². The minimum Gasteiger partial charge on any atom is -0.296 e. The first-order valence-corrected chi connectivity index (χ1v) is 10.8. The predicted molar refractivity (Wildman–Crippen MR) is 107 cm³/mol. The molecule has 0 aliphatic carbocycles. The van der Waals surface area contributed by atoms with Crippen molar-refractivity contribution in [1.29, 1.82) is 0 Å². The minimum atomic E-state index is -3.70. The molecule has 1 aliphatic rings. The third-order valence-electron chi connectivity index (χ3n) is 4.58. The van der Waals surface area contributed by atoms with Gasteiger partial charge in [-0.25, -0.2) is 8.42 Å². The van der Waals surface area contributed by atoms with Crippen molar-refractivity contribution in [3.63, 3.8) is 0 Å². The molecule has 4 nitrogen and oxygen atoms in total. The van der Waals surface area contributed by atoms with Gasteiger partial charge >= 0.3 is 0 Å². The summed E-state index contributed by atoms with van der Waals surface area (Å²) >= 11 is 18.0. The first kappa shape index (κ1) is 19.9. The number of halogens is 3. The number of hydrogen-bond acceptors (Lipinski definition) is 3. The maximum atomic E-state index is 12.9.